The van der Waals surface area contributed by atoms with Crippen LogP contribution in [0.2, 0.25) is 0 Å². The number of amides is 2. The second kappa shape index (κ2) is 5.79. The van der Waals surface area contributed by atoms with Crippen molar-refractivity contribution in [1.29, 1.82) is 0 Å². The van der Waals surface area contributed by atoms with Crippen molar-refractivity contribution in [1.82, 2.24) is 10.2 Å². The molecule has 0 bridgehead atoms. The third-order valence-corrected chi connectivity index (χ3v) is 4.10. The zero-order valence-electron chi connectivity index (χ0n) is 12.8. The minimum absolute atomic E-state index is 0.0264. The summed E-state index contributed by atoms with van der Waals surface area (Å²) in [6.07, 6.45) is 0.711. The summed E-state index contributed by atoms with van der Waals surface area (Å²) in [7, 11) is 0. The maximum Gasteiger partial charge on any atom is 0.326 e. The molecule has 6 nitrogen and oxygen atoms in total. The number of aliphatic carboxylic acids is 1. The second-order valence-corrected chi connectivity index (χ2v) is 5.78. The number of nitrogens with one attached hydrogen (secondary N) is 1. The molecule has 0 aromatic carbocycles. The molecular formula is C15H22N2O4. The van der Waals surface area contributed by atoms with E-state index < -0.39 is 12.0 Å². The number of urea groups is 1. The number of carbonyl (C=O) groups excluding carboxylic acids is 1. The third-order valence-electron chi connectivity index (χ3n) is 4.10. The van der Waals surface area contributed by atoms with Crippen LogP contribution in [-0.2, 0) is 4.79 Å². The van der Waals surface area contributed by atoms with Gasteiger partial charge in [0.05, 0.1) is 6.04 Å². The van der Waals surface area contributed by atoms with Gasteiger partial charge in [-0.05, 0) is 39.2 Å². The molecule has 2 rings (SSSR count). The molecule has 3 atom stereocenters. The fourth-order valence-corrected chi connectivity index (χ4v) is 2.98. The largest absolute Gasteiger partial charge is 0.480 e. The summed E-state index contributed by atoms with van der Waals surface area (Å²) in [6.45, 7) is 7.90. The van der Waals surface area contributed by atoms with Gasteiger partial charge < -0.3 is 19.7 Å². The lowest BCUT2D eigenvalue weighted by Gasteiger charge is -2.25. The zero-order chi connectivity index (χ0) is 15.7. The Morgan fingerprint density at radius 2 is 2.14 bits per heavy atom. The Bertz CT molecular complexity index is 552. The fraction of sp³-hybridized carbons (Fsp3) is 0.600. The molecule has 6 heteroatoms. The Labute approximate surface area is 124 Å². The molecule has 1 aliphatic heterocycles. The summed E-state index contributed by atoms with van der Waals surface area (Å²) in [5, 5.41) is 12.1. The van der Waals surface area contributed by atoms with E-state index in [0.29, 0.717) is 13.0 Å². The van der Waals surface area contributed by atoms with E-state index in [1.807, 2.05) is 33.8 Å². The number of furan rings is 1. The van der Waals surface area contributed by atoms with Crippen LogP contribution >= 0.6 is 0 Å². The number of nitrogens with zero attached hydrogens (tertiary/aromatic N) is 1. The van der Waals surface area contributed by atoms with Gasteiger partial charge >= 0.3 is 12.0 Å². The third kappa shape index (κ3) is 3.04. The molecule has 1 saturated heterocycles. The first-order chi connectivity index (χ1) is 9.81. The summed E-state index contributed by atoms with van der Waals surface area (Å²) >= 11 is 0. The van der Waals surface area contributed by atoms with Crippen molar-refractivity contribution in [2.75, 3.05) is 6.54 Å². The molecule has 0 aliphatic carbocycles. The lowest BCUT2D eigenvalue weighted by Crippen LogP contribution is -2.48. The minimum atomic E-state index is -0.946. The number of carboxylic acid groups (broad SMARTS) is 1. The van der Waals surface area contributed by atoms with Crippen molar-refractivity contribution in [2.24, 2.45) is 5.92 Å². The smallest absolute Gasteiger partial charge is 0.326 e. The molecule has 1 fully saturated rings. The van der Waals surface area contributed by atoms with E-state index in [4.69, 9.17) is 4.42 Å². The maximum atomic E-state index is 12.3. The molecule has 3 unspecified atom stereocenters. The number of hydrogen-bond donors (Lipinski definition) is 2. The first kappa shape index (κ1) is 15.4. The summed E-state index contributed by atoms with van der Waals surface area (Å²) in [6, 6.07) is 0.587. The molecule has 0 radical (unpaired) electrons. The van der Waals surface area contributed by atoms with Crippen LogP contribution < -0.4 is 5.32 Å². The number of aryl methyl sites for hydroxylation is 2. The van der Waals surface area contributed by atoms with E-state index in [2.05, 4.69) is 5.32 Å². The summed E-state index contributed by atoms with van der Waals surface area (Å²) < 4.78 is 5.46. The number of likely N-dealkylation sites (tertiary alicyclic amines) is 1. The van der Waals surface area contributed by atoms with E-state index in [1.54, 1.807) is 0 Å². The van der Waals surface area contributed by atoms with Crippen molar-refractivity contribution >= 4 is 12.0 Å². The summed E-state index contributed by atoms with van der Waals surface area (Å²) in [4.78, 5) is 25.0. The summed E-state index contributed by atoms with van der Waals surface area (Å²) in [5.74, 6) is 0.589. The SMILES string of the molecule is Cc1cc(C(C)NC(=O)N2CCC(C)C2C(=O)O)c(C)o1. The number of rotatable bonds is 3. The number of hydrogen-bond acceptors (Lipinski definition) is 3. The van der Waals surface area contributed by atoms with Crippen molar-refractivity contribution in [2.45, 2.75) is 46.2 Å². The van der Waals surface area contributed by atoms with E-state index in [0.717, 1.165) is 17.1 Å². The topological polar surface area (TPSA) is 82.8 Å². The predicted molar refractivity (Wildman–Crippen MR) is 77.0 cm³/mol. The van der Waals surface area contributed by atoms with Crippen LogP contribution in [0.4, 0.5) is 4.79 Å². The van der Waals surface area contributed by atoms with Crippen molar-refractivity contribution in [3.8, 4) is 0 Å². The maximum absolute atomic E-state index is 12.3. The van der Waals surface area contributed by atoms with Crippen molar-refractivity contribution < 1.29 is 19.1 Å². The van der Waals surface area contributed by atoms with Crippen LogP contribution in [0.15, 0.2) is 10.5 Å². The lowest BCUT2D eigenvalue weighted by molar-refractivity contribution is -0.142. The molecule has 1 aromatic rings. The molecular weight excluding hydrogens is 272 g/mol. The van der Waals surface area contributed by atoms with Gasteiger partial charge in [0.15, 0.2) is 0 Å². The summed E-state index contributed by atoms with van der Waals surface area (Å²) in [5.41, 5.74) is 0.917. The van der Waals surface area contributed by atoms with E-state index >= 15 is 0 Å². The van der Waals surface area contributed by atoms with E-state index in [1.165, 1.54) is 4.90 Å². The van der Waals surface area contributed by atoms with Crippen molar-refractivity contribution in [3.05, 3.63) is 23.2 Å². The van der Waals surface area contributed by atoms with Crippen LogP contribution in [0.25, 0.3) is 0 Å². The van der Waals surface area contributed by atoms with Gasteiger partial charge in [0.2, 0.25) is 0 Å². The van der Waals surface area contributed by atoms with Gasteiger partial charge in [-0.3, -0.25) is 0 Å². The van der Waals surface area contributed by atoms with E-state index in [9.17, 15) is 14.7 Å². The van der Waals surface area contributed by atoms with Crippen LogP contribution in [0.5, 0.6) is 0 Å². The van der Waals surface area contributed by atoms with Gasteiger partial charge in [-0.25, -0.2) is 9.59 Å². The molecule has 0 saturated carbocycles. The standard InChI is InChI=1S/C15H22N2O4/c1-8-5-6-17(13(8)14(18)19)15(20)16-10(3)12-7-9(2)21-11(12)4/h7-8,10,13H,5-6H2,1-4H3,(H,16,20)(H,18,19). The monoisotopic (exact) mass is 294 g/mol. The van der Waals surface area contributed by atoms with Gasteiger partial charge in [-0.1, -0.05) is 6.92 Å². The molecule has 1 aliphatic rings. The predicted octanol–water partition coefficient (Wildman–Crippen LogP) is 2.46. The average Bonchev–Trinajstić information content (AvgIpc) is 2.92. The molecule has 2 amide bonds. The van der Waals surface area contributed by atoms with Gasteiger partial charge in [-0.2, -0.15) is 0 Å². The van der Waals surface area contributed by atoms with Gasteiger partial charge in [-0.15, -0.1) is 0 Å². The van der Waals surface area contributed by atoms with Crippen LogP contribution in [0, 0.1) is 19.8 Å². The molecule has 2 N–H and O–H groups in total. The highest BCUT2D eigenvalue weighted by molar-refractivity contribution is 5.83. The Hall–Kier alpha value is -1.98. The highest BCUT2D eigenvalue weighted by atomic mass is 16.4. The molecule has 2 heterocycles. The van der Waals surface area contributed by atoms with Crippen LogP contribution in [-0.4, -0.2) is 34.6 Å². The van der Waals surface area contributed by atoms with Crippen LogP contribution in [0.3, 0.4) is 0 Å². The quantitative estimate of drug-likeness (QED) is 0.897. The molecule has 21 heavy (non-hydrogen) atoms. The number of carboxylic acids is 1. The van der Waals surface area contributed by atoms with Gasteiger partial charge in [0.25, 0.3) is 0 Å². The Morgan fingerprint density at radius 1 is 1.48 bits per heavy atom. The zero-order valence-corrected chi connectivity index (χ0v) is 12.8. The van der Waals surface area contributed by atoms with E-state index in [-0.39, 0.29) is 18.0 Å². The lowest BCUT2D eigenvalue weighted by atomic mass is 10.0. The Kier molecular flexibility index (Phi) is 4.25. The first-order valence-corrected chi connectivity index (χ1v) is 7.18. The first-order valence-electron chi connectivity index (χ1n) is 7.18. The molecule has 116 valence electrons. The minimum Gasteiger partial charge on any atom is -0.480 e. The normalized spacial score (nSPS) is 23.1. The van der Waals surface area contributed by atoms with Crippen molar-refractivity contribution in [3.63, 3.8) is 0 Å². The fourth-order valence-electron chi connectivity index (χ4n) is 2.98. The Morgan fingerprint density at radius 3 is 2.67 bits per heavy atom. The average molecular weight is 294 g/mol. The highest BCUT2D eigenvalue weighted by Gasteiger charge is 2.39. The molecule has 0 spiro atoms. The van der Waals surface area contributed by atoms with Crippen LogP contribution in [0.1, 0.15) is 43.4 Å². The number of carbonyl (C=O) groups is 2. The molecule has 1 aromatic heterocycles. The Balaban J connectivity index is 2.07. The van der Waals surface area contributed by atoms with Gasteiger partial charge in [0.1, 0.15) is 17.6 Å². The highest BCUT2D eigenvalue weighted by Crippen LogP contribution is 2.26. The van der Waals surface area contributed by atoms with Gasteiger partial charge in [0, 0.05) is 12.1 Å². The second-order valence-electron chi connectivity index (χ2n) is 5.78.